The van der Waals surface area contributed by atoms with Gasteiger partial charge in [-0.05, 0) is 70.3 Å². The van der Waals surface area contributed by atoms with Crippen molar-refractivity contribution in [2.75, 3.05) is 0 Å². The van der Waals surface area contributed by atoms with Crippen LogP contribution < -0.4 is 5.32 Å². The van der Waals surface area contributed by atoms with E-state index in [0.717, 1.165) is 94.5 Å². The quantitative estimate of drug-likeness (QED) is 0.203. The van der Waals surface area contributed by atoms with Gasteiger partial charge in [-0.3, -0.25) is 0 Å². The summed E-state index contributed by atoms with van der Waals surface area (Å²) in [6.45, 7) is 0. The minimum absolute atomic E-state index is 0.414. The largest absolute Gasteiger partial charge is 0.456 e. The molecule has 50 heavy (non-hydrogen) atoms. The molecule has 236 valence electrons. The van der Waals surface area contributed by atoms with Crippen molar-refractivity contribution in [2.45, 2.75) is 6.17 Å². The Labute approximate surface area is 287 Å². The van der Waals surface area contributed by atoms with Crippen molar-refractivity contribution in [3.05, 3.63) is 180 Å². The van der Waals surface area contributed by atoms with Crippen LogP contribution in [0.3, 0.4) is 0 Å². The van der Waals surface area contributed by atoms with Crippen LogP contribution >= 0.6 is 0 Å². The normalized spacial score (nSPS) is 13.5. The van der Waals surface area contributed by atoms with E-state index in [9.17, 15) is 0 Å². The molecule has 0 radical (unpaired) electrons. The van der Waals surface area contributed by atoms with Gasteiger partial charge in [0.25, 0.3) is 0 Å². The number of rotatable bonds is 5. The van der Waals surface area contributed by atoms with E-state index >= 15 is 0 Å². The summed E-state index contributed by atoms with van der Waals surface area (Å²) in [7, 11) is 0. The summed E-state index contributed by atoms with van der Waals surface area (Å²) in [4.78, 5) is 10.2. The van der Waals surface area contributed by atoms with Crippen molar-refractivity contribution in [3.63, 3.8) is 0 Å². The van der Waals surface area contributed by atoms with E-state index in [1.807, 2.05) is 54.6 Å². The summed E-state index contributed by atoms with van der Waals surface area (Å²) in [5.41, 5.74) is 11.0. The molecule has 10 rings (SSSR count). The molecule has 0 saturated heterocycles. The third-order valence-corrected chi connectivity index (χ3v) is 9.53. The van der Waals surface area contributed by atoms with Crippen molar-refractivity contribution in [3.8, 4) is 22.3 Å². The molecule has 0 spiro atoms. The predicted molar refractivity (Wildman–Crippen MR) is 204 cm³/mol. The van der Waals surface area contributed by atoms with E-state index in [2.05, 4.69) is 115 Å². The van der Waals surface area contributed by atoms with Gasteiger partial charge >= 0.3 is 0 Å². The zero-order valence-electron chi connectivity index (χ0n) is 26.9. The van der Waals surface area contributed by atoms with Gasteiger partial charge in [0, 0.05) is 32.7 Å². The Morgan fingerprint density at radius 3 is 1.70 bits per heavy atom. The Bertz CT molecular complexity index is 2740. The Kier molecular flexibility index (Phi) is 6.49. The number of para-hydroxylation sites is 1. The van der Waals surface area contributed by atoms with Gasteiger partial charge in [-0.1, -0.05) is 121 Å². The molecular weight excluding hydrogens is 615 g/mol. The SMILES string of the molecule is c1ccc(C2=NC(c3cccc(-c4cccc5oc6ccc(-c7ccc8oc9ccccc9c8c7)cc6c45)c3)N=C(c3ccccc3)N2)cc1. The maximum atomic E-state index is 6.43. The van der Waals surface area contributed by atoms with E-state index in [0.29, 0.717) is 0 Å². The summed E-state index contributed by atoms with van der Waals surface area (Å²) in [5.74, 6) is 1.60. The summed E-state index contributed by atoms with van der Waals surface area (Å²) >= 11 is 0. The fourth-order valence-corrected chi connectivity index (χ4v) is 7.10. The number of hydrogen-bond donors (Lipinski definition) is 1. The van der Waals surface area contributed by atoms with Gasteiger partial charge in [0.05, 0.1) is 0 Å². The van der Waals surface area contributed by atoms with Gasteiger partial charge in [0.15, 0.2) is 6.17 Å². The summed E-state index contributed by atoms with van der Waals surface area (Å²) < 4.78 is 12.5. The molecule has 0 bridgehead atoms. The number of furan rings is 2. The lowest BCUT2D eigenvalue weighted by Gasteiger charge is -2.22. The van der Waals surface area contributed by atoms with Gasteiger partial charge in [-0.2, -0.15) is 0 Å². The van der Waals surface area contributed by atoms with E-state index < -0.39 is 6.17 Å². The average molecular weight is 644 g/mol. The molecule has 0 amide bonds. The molecular formula is C45H29N3O2. The molecule has 5 heteroatoms. The maximum Gasteiger partial charge on any atom is 0.169 e. The van der Waals surface area contributed by atoms with Crippen LogP contribution in [0.15, 0.2) is 183 Å². The lowest BCUT2D eigenvalue weighted by Crippen LogP contribution is -2.35. The zero-order chi connectivity index (χ0) is 33.0. The van der Waals surface area contributed by atoms with Gasteiger partial charge in [-0.25, -0.2) is 9.98 Å². The topological polar surface area (TPSA) is 63.0 Å². The molecule has 0 saturated carbocycles. The number of fused-ring (bicyclic) bond motifs is 6. The minimum Gasteiger partial charge on any atom is -0.456 e. The first-order valence-electron chi connectivity index (χ1n) is 16.8. The van der Waals surface area contributed by atoms with E-state index in [1.54, 1.807) is 0 Å². The van der Waals surface area contributed by atoms with Crippen LogP contribution in [0.4, 0.5) is 0 Å². The Balaban J connectivity index is 1.09. The number of nitrogens with zero attached hydrogens (tertiary/aromatic N) is 2. The van der Waals surface area contributed by atoms with E-state index in [1.165, 1.54) is 0 Å². The van der Waals surface area contributed by atoms with Crippen molar-refractivity contribution in [1.82, 2.24) is 5.32 Å². The first-order valence-corrected chi connectivity index (χ1v) is 16.8. The van der Waals surface area contributed by atoms with Crippen LogP contribution in [-0.2, 0) is 0 Å². The third-order valence-electron chi connectivity index (χ3n) is 9.53. The predicted octanol–water partition coefficient (Wildman–Crippen LogP) is 11.3. The summed E-state index contributed by atoms with van der Waals surface area (Å²) in [6.07, 6.45) is -0.414. The van der Waals surface area contributed by atoms with Crippen molar-refractivity contribution >= 4 is 55.5 Å². The van der Waals surface area contributed by atoms with Gasteiger partial charge in [-0.15, -0.1) is 0 Å². The lowest BCUT2D eigenvalue weighted by atomic mass is 9.95. The van der Waals surface area contributed by atoms with Gasteiger partial charge in [0.1, 0.15) is 34.0 Å². The zero-order valence-corrected chi connectivity index (χ0v) is 26.9. The smallest absolute Gasteiger partial charge is 0.169 e. The fourth-order valence-electron chi connectivity index (χ4n) is 7.10. The molecule has 2 aromatic heterocycles. The molecule has 1 aliphatic heterocycles. The molecule has 0 aliphatic carbocycles. The highest BCUT2D eigenvalue weighted by Crippen LogP contribution is 2.40. The molecule has 0 unspecified atom stereocenters. The number of amidine groups is 2. The average Bonchev–Trinajstić information content (AvgIpc) is 3.76. The van der Waals surface area contributed by atoms with Crippen LogP contribution in [0.1, 0.15) is 22.9 Å². The standard InChI is InChI=1S/C45H29N3O2/c1-3-11-28(12-4-1)43-46-44(29-13-5-2-6-14-29)48-45(47-43)33-16-9-15-32(25-33)34-18-10-20-41-42(34)37-27-31(22-24-40(37)50-41)30-21-23-39-36(26-30)35-17-7-8-19-38(35)49-39/h1-27,45H,(H,46,47,48). The highest BCUT2D eigenvalue weighted by atomic mass is 16.3. The highest BCUT2D eigenvalue weighted by molar-refractivity contribution is 6.16. The molecule has 3 heterocycles. The summed E-state index contributed by atoms with van der Waals surface area (Å²) in [6, 6.07) is 56.4. The molecule has 0 atom stereocenters. The van der Waals surface area contributed by atoms with Crippen molar-refractivity contribution < 1.29 is 8.83 Å². The molecule has 0 fully saturated rings. The van der Waals surface area contributed by atoms with E-state index in [4.69, 9.17) is 18.8 Å². The Morgan fingerprint density at radius 2 is 0.960 bits per heavy atom. The second kappa shape index (κ2) is 11.5. The molecule has 5 nitrogen and oxygen atoms in total. The third kappa shape index (κ3) is 4.79. The number of nitrogens with one attached hydrogen (secondary N) is 1. The minimum atomic E-state index is -0.414. The highest BCUT2D eigenvalue weighted by Gasteiger charge is 2.22. The molecule has 7 aromatic carbocycles. The van der Waals surface area contributed by atoms with E-state index in [-0.39, 0.29) is 0 Å². The lowest BCUT2D eigenvalue weighted by molar-refractivity contribution is 0.668. The van der Waals surface area contributed by atoms with Crippen LogP contribution in [0.25, 0.3) is 66.1 Å². The van der Waals surface area contributed by atoms with Crippen LogP contribution in [0.5, 0.6) is 0 Å². The summed E-state index contributed by atoms with van der Waals surface area (Å²) in [5, 5.41) is 7.89. The molecule has 1 N–H and O–H groups in total. The first kappa shape index (κ1) is 28.3. The van der Waals surface area contributed by atoms with Crippen LogP contribution in [-0.4, -0.2) is 11.7 Å². The second-order valence-corrected chi connectivity index (χ2v) is 12.6. The van der Waals surface area contributed by atoms with Gasteiger partial charge < -0.3 is 14.2 Å². The Hall–Kier alpha value is -6.72. The second-order valence-electron chi connectivity index (χ2n) is 12.6. The van der Waals surface area contributed by atoms with Gasteiger partial charge in [0.2, 0.25) is 0 Å². The van der Waals surface area contributed by atoms with Crippen molar-refractivity contribution in [1.29, 1.82) is 0 Å². The van der Waals surface area contributed by atoms with Crippen LogP contribution in [0.2, 0.25) is 0 Å². The number of benzene rings is 7. The van der Waals surface area contributed by atoms with Crippen molar-refractivity contribution in [2.24, 2.45) is 9.98 Å². The first-order chi connectivity index (χ1) is 24.7. The monoisotopic (exact) mass is 643 g/mol. The number of hydrogen-bond acceptors (Lipinski definition) is 5. The van der Waals surface area contributed by atoms with Crippen LogP contribution in [0, 0.1) is 0 Å². The molecule has 1 aliphatic rings. The number of aliphatic imine (C=N–C) groups is 2. The Morgan fingerprint density at radius 1 is 0.400 bits per heavy atom. The maximum absolute atomic E-state index is 6.43. The molecule has 9 aromatic rings. The fraction of sp³-hybridized carbons (Fsp3) is 0.0222.